The molecule has 5 aromatic rings. The number of fused-ring (bicyclic) bond motifs is 1. The molecule has 2 heterocycles. The number of ether oxygens (including phenoxy) is 3. The van der Waals surface area contributed by atoms with Gasteiger partial charge in [-0.15, -0.1) is 0 Å². The summed E-state index contributed by atoms with van der Waals surface area (Å²) in [6.45, 7) is 0. The van der Waals surface area contributed by atoms with Crippen molar-refractivity contribution in [3.63, 3.8) is 0 Å². The van der Waals surface area contributed by atoms with E-state index in [1.807, 2.05) is 6.07 Å². The first-order valence-electron chi connectivity index (χ1n) is 11.9. The number of hydrogen-bond donors (Lipinski definition) is 0. The van der Waals surface area contributed by atoms with Crippen molar-refractivity contribution in [2.45, 2.75) is 6.42 Å². The lowest BCUT2D eigenvalue weighted by Gasteiger charge is -2.13. The third-order valence-electron chi connectivity index (χ3n) is 6.11. The number of ketones is 1. The summed E-state index contributed by atoms with van der Waals surface area (Å²) in [5.74, 6) is 0.260. The topological polar surface area (TPSA) is 79.7 Å². The second-order valence-electron chi connectivity index (χ2n) is 8.58. The molecule has 0 saturated heterocycles. The van der Waals surface area contributed by atoms with Gasteiger partial charge in [-0.25, -0.2) is 4.39 Å². The number of para-hydroxylation sites is 1. The minimum absolute atomic E-state index is 0.00148. The van der Waals surface area contributed by atoms with Crippen LogP contribution in [0.1, 0.15) is 15.9 Å². The summed E-state index contributed by atoms with van der Waals surface area (Å²) in [7, 11) is 3.05. The molecule has 0 unspecified atom stereocenters. The highest BCUT2D eigenvalue weighted by Gasteiger charge is 2.18. The summed E-state index contributed by atoms with van der Waals surface area (Å²) in [4.78, 5) is 30.5. The number of hydrogen-bond acceptors (Lipinski definition) is 6. The van der Waals surface area contributed by atoms with Crippen LogP contribution in [0, 0.1) is 5.82 Å². The number of methoxy groups -OCH3 is 2. The second kappa shape index (κ2) is 11.1. The summed E-state index contributed by atoms with van der Waals surface area (Å²) >= 11 is 3.38. The number of rotatable bonds is 8. The fourth-order valence-corrected chi connectivity index (χ4v) is 4.64. The van der Waals surface area contributed by atoms with Gasteiger partial charge in [0.1, 0.15) is 5.75 Å². The molecule has 0 aliphatic heterocycles. The van der Waals surface area contributed by atoms with Gasteiger partial charge in [0, 0.05) is 40.4 Å². The number of carbonyl (C=O) groups is 1. The van der Waals surface area contributed by atoms with E-state index >= 15 is 4.39 Å². The van der Waals surface area contributed by atoms with Crippen LogP contribution in [0.4, 0.5) is 4.39 Å². The zero-order valence-corrected chi connectivity index (χ0v) is 22.6. The first-order valence-corrected chi connectivity index (χ1v) is 12.6. The minimum atomic E-state index is -0.651. The van der Waals surface area contributed by atoms with Crippen molar-refractivity contribution in [3.8, 4) is 28.7 Å². The smallest absolute Gasteiger partial charge is 0.266 e. The molecule has 0 N–H and O–H groups in total. The van der Waals surface area contributed by atoms with Gasteiger partial charge in [-0.05, 0) is 64.0 Å². The Kier molecular flexibility index (Phi) is 7.42. The maximum Gasteiger partial charge on any atom is 0.266 e. The van der Waals surface area contributed by atoms with Gasteiger partial charge in [0.15, 0.2) is 28.8 Å². The maximum absolute atomic E-state index is 15.1. The third-order valence-corrected chi connectivity index (χ3v) is 6.54. The van der Waals surface area contributed by atoms with Crippen LogP contribution < -0.4 is 19.8 Å². The Hall–Kier alpha value is -4.50. The SMILES string of the molecule is COc1cc2nccc(Oc3ccc(CC(=O)c4cc(Br)cn(-c5ccccc5)c4=O)cc3F)c2cc1OC. The van der Waals surface area contributed by atoms with E-state index in [4.69, 9.17) is 14.2 Å². The molecule has 0 fully saturated rings. The van der Waals surface area contributed by atoms with E-state index in [2.05, 4.69) is 20.9 Å². The molecule has 196 valence electrons. The highest BCUT2D eigenvalue weighted by molar-refractivity contribution is 9.10. The summed E-state index contributed by atoms with van der Waals surface area (Å²) in [5.41, 5.74) is 1.17. The molecular formula is C30H22BrFN2O5. The summed E-state index contributed by atoms with van der Waals surface area (Å²) < 4.78 is 33.7. The normalized spacial score (nSPS) is 10.9. The van der Waals surface area contributed by atoms with Crippen LogP contribution in [0.25, 0.3) is 16.6 Å². The Morgan fingerprint density at radius 2 is 1.67 bits per heavy atom. The van der Waals surface area contributed by atoms with Crippen LogP contribution in [0.5, 0.6) is 23.0 Å². The van der Waals surface area contributed by atoms with E-state index in [-0.39, 0.29) is 17.7 Å². The zero-order valence-electron chi connectivity index (χ0n) is 21.0. The van der Waals surface area contributed by atoms with Crippen LogP contribution in [-0.2, 0) is 6.42 Å². The highest BCUT2D eigenvalue weighted by atomic mass is 79.9. The fourth-order valence-electron chi connectivity index (χ4n) is 4.20. The van der Waals surface area contributed by atoms with E-state index < -0.39 is 17.2 Å². The number of halogens is 2. The van der Waals surface area contributed by atoms with Gasteiger partial charge >= 0.3 is 0 Å². The lowest BCUT2D eigenvalue weighted by Crippen LogP contribution is -2.25. The van der Waals surface area contributed by atoms with E-state index in [9.17, 15) is 9.59 Å². The van der Waals surface area contributed by atoms with Crippen LogP contribution in [-0.4, -0.2) is 29.6 Å². The number of carbonyl (C=O) groups excluding carboxylic acids is 1. The van der Waals surface area contributed by atoms with Crippen molar-refractivity contribution in [1.82, 2.24) is 9.55 Å². The quantitative estimate of drug-likeness (QED) is 0.192. The number of Topliss-reactive ketones (excluding diaryl/α,β-unsaturated/α-hetero) is 1. The van der Waals surface area contributed by atoms with Gasteiger partial charge in [-0.2, -0.15) is 0 Å². The molecule has 5 rings (SSSR count). The molecule has 0 spiro atoms. The highest BCUT2D eigenvalue weighted by Crippen LogP contribution is 2.37. The van der Waals surface area contributed by atoms with Crippen molar-refractivity contribution in [3.05, 3.63) is 117 Å². The largest absolute Gasteiger partial charge is 0.493 e. The Labute approximate surface area is 231 Å². The van der Waals surface area contributed by atoms with Gasteiger partial charge < -0.3 is 14.2 Å². The molecule has 0 aliphatic rings. The standard InChI is InChI=1S/C30H22BrFN2O5/c1-37-28-15-21-24(16-29(28)38-2)33-11-10-26(21)39-27-9-8-18(12-23(27)32)13-25(35)22-14-19(31)17-34(30(22)36)20-6-4-3-5-7-20/h3-12,14-17H,13H2,1-2H3. The van der Waals surface area contributed by atoms with Crippen LogP contribution in [0.3, 0.4) is 0 Å². The van der Waals surface area contributed by atoms with Gasteiger partial charge in [-0.1, -0.05) is 24.3 Å². The first-order chi connectivity index (χ1) is 18.9. The number of pyridine rings is 2. The van der Waals surface area contributed by atoms with Gasteiger partial charge in [0.05, 0.1) is 25.3 Å². The number of benzene rings is 3. The Morgan fingerprint density at radius 3 is 2.38 bits per heavy atom. The molecule has 0 radical (unpaired) electrons. The van der Waals surface area contributed by atoms with Gasteiger partial charge in [-0.3, -0.25) is 19.1 Å². The average Bonchev–Trinajstić information content (AvgIpc) is 2.95. The lowest BCUT2D eigenvalue weighted by molar-refractivity contribution is 0.0991. The molecular weight excluding hydrogens is 567 g/mol. The van der Waals surface area contributed by atoms with E-state index in [0.29, 0.717) is 43.9 Å². The average molecular weight is 589 g/mol. The van der Waals surface area contributed by atoms with E-state index in [0.717, 1.165) is 0 Å². The molecule has 7 nitrogen and oxygen atoms in total. The fraction of sp³-hybridized carbons (Fsp3) is 0.100. The molecule has 0 saturated carbocycles. The molecule has 39 heavy (non-hydrogen) atoms. The molecule has 0 amide bonds. The van der Waals surface area contributed by atoms with Crippen molar-refractivity contribution >= 4 is 32.6 Å². The second-order valence-corrected chi connectivity index (χ2v) is 9.50. The number of aromatic nitrogens is 2. The maximum atomic E-state index is 15.1. The van der Waals surface area contributed by atoms with Gasteiger partial charge in [0.2, 0.25) is 0 Å². The van der Waals surface area contributed by atoms with Crippen molar-refractivity contribution in [1.29, 1.82) is 0 Å². The zero-order chi connectivity index (χ0) is 27.5. The predicted octanol–water partition coefficient (Wildman–Crippen LogP) is 6.52. The van der Waals surface area contributed by atoms with Crippen molar-refractivity contribution in [2.75, 3.05) is 14.2 Å². The van der Waals surface area contributed by atoms with Crippen molar-refractivity contribution < 1.29 is 23.4 Å². The molecule has 0 aliphatic carbocycles. The number of nitrogens with zero attached hydrogens (tertiary/aromatic N) is 2. The summed E-state index contributed by atoms with van der Waals surface area (Å²) in [6, 6.07) is 19.8. The van der Waals surface area contributed by atoms with E-state index in [1.165, 1.54) is 37.0 Å². The van der Waals surface area contributed by atoms with Crippen LogP contribution in [0.15, 0.2) is 94.5 Å². The lowest BCUT2D eigenvalue weighted by atomic mass is 10.0. The van der Waals surface area contributed by atoms with Crippen LogP contribution >= 0.6 is 15.9 Å². The monoisotopic (exact) mass is 588 g/mol. The molecule has 0 bridgehead atoms. The molecule has 0 atom stereocenters. The van der Waals surface area contributed by atoms with Crippen molar-refractivity contribution in [2.24, 2.45) is 0 Å². The minimum Gasteiger partial charge on any atom is -0.493 e. The molecule has 2 aromatic heterocycles. The van der Waals surface area contributed by atoms with Crippen LogP contribution in [0.2, 0.25) is 0 Å². The van der Waals surface area contributed by atoms with E-state index in [1.54, 1.807) is 60.9 Å². The summed E-state index contributed by atoms with van der Waals surface area (Å²) in [6.07, 6.45) is 3.00. The summed E-state index contributed by atoms with van der Waals surface area (Å²) in [5, 5.41) is 0.609. The predicted molar refractivity (Wildman–Crippen MR) is 149 cm³/mol. The first kappa shape index (κ1) is 26.1. The van der Waals surface area contributed by atoms with Gasteiger partial charge in [0.25, 0.3) is 5.56 Å². The Morgan fingerprint density at radius 1 is 0.923 bits per heavy atom. The molecule has 9 heteroatoms. The Bertz CT molecular complexity index is 1750. The molecule has 3 aromatic carbocycles. The third kappa shape index (κ3) is 5.39. The Balaban J connectivity index is 1.40.